The van der Waals surface area contributed by atoms with Crippen molar-refractivity contribution in [3.63, 3.8) is 0 Å². The third-order valence-electron chi connectivity index (χ3n) is 2.54. The molecule has 2 heterocycles. The number of nitrogens with zero attached hydrogens (tertiary/aromatic N) is 3. The van der Waals surface area contributed by atoms with Gasteiger partial charge in [-0.1, -0.05) is 24.3 Å². The average molecular weight is 186 g/mol. The van der Waals surface area contributed by atoms with Gasteiger partial charge in [-0.15, -0.1) is 5.10 Å². The van der Waals surface area contributed by atoms with Crippen molar-refractivity contribution < 1.29 is 0 Å². The highest BCUT2D eigenvalue weighted by Gasteiger charge is 2.18. The minimum absolute atomic E-state index is 0.358. The first-order valence-electron chi connectivity index (χ1n) is 4.63. The Morgan fingerprint density at radius 1 is 1.29 bits per heavy atom. The molecule has 14 heavy (non-hydrogen) atoms. The zero-order valence-corrected chi connectivity index (χ0v) is 7.64. The number of aryl methyl sites for hydroxylation is 2. The van der Waals surface area contributed by atoms with Crippen LogP contribution < -0.4 is 5.73 Å². The summed E-state index contributed by atoms with van der Waals surface area (Å²) in [6, 6.07) is 8.26. The first-order chi connectivity index (χ1) is 6.84. The molecule has 3 rings (SSSR count). The van der Waals surface area contributed by atoms with Crippen molar-refractivity contribution in [3.05, 3.63) is 29.8 Å². The molecular weight excluding hydrogens is 176 g/mol. The van der Waals surface area contributed by atoms with Crippen LogP contribution in [0.2, 0.25) is 0 Å². The van der Waals surface area contributed by atoms with Crippen LogP contribution in [0, 0.1) is 0 Å². The first kappa shape index (κ1) is 7.55. The lowest BCUT2D eigenvalue weighted by atomic mass is 10.0. The van der Waals surface area contributed by atoms with E-state index in [1.54, 1.807) is 0 Å². The summed E-state index contributed by atoms with van der Waals surface area (Å²) >= 11 is 0. The number of hydrogen-bond donors (Lipinski definition) is 1. The predicted molar refractivity (Wildman–Crippen MR) is 53.6 cm³/mol. The van der Waals surface area contributed by atoms with Gasteiger partial charge in [-0.05, 0) is 12.0 Å². The molecule has 0 spiro atoms. The van der Waals surface area contributed by atoms with Gasteiger partial charge in [-0.25, -0.2) is 4.68 Å². The van der Waals surface area contributed by atoms with E-state index >= 15 is 0 Å². The van der Waals surface area contributed by atoms with Crippen molar-refractivity contribution in [1.29, 1.82) is 0 Å². The molecular formula is C10H10N4. The normalized spacial score (nSPS) is 13.4. The fourth-order valence-electron chi connectivity index (χ4n) is 1.90. The van der Waals surface area contributed by atoms with Crippen LogP contribution in [0.25, 0.3) is 11.4 Å². The van der Waals surface area contributed by atoms with Crippen molar-refractivity contribution in [3.8, 4) is 11.4 Å². The molecule has 0 fully saturated rings. The molecule has 1 aromatic heterocycles. The molecule has 2 N–H and O–H groups in total. The van der Waals surface area contributed by atoms with Crippen LogP contribution in [0.4, 0.5) is 5.95 Å². The summed E-state index contributed by atoms with van der Waals surface area (Å²) in [7, 11) is 0. The lowest BCUT2D eigenvalue weighted by Crippen LogP contribution is -2.12. The Bertz CT molecular complexity index is 487. The molecule has 0 aliphatic carbocycles. The number of benzene rings is 1. The molecule has 0 atom stereocenters. The SMILES string of the molecule is Nc1nc2n(n1)CCc1ccccc1-2. The van der Waals surface area contributed by atoms with E-state index in [2.05, 4.69) is 22.2 Å². The Balaban J connectivity index is 2.28. The quantitative estimate of drug-likeness (QED) is 0.669. The van der Waals surface area contributed by atoms with Gasteiger partial charge < -0.3 is 5.73 Å². The molecule has 0 radical (unpaired) electrons. The fourth-order valence-corrected chi connectivity index (χ4v) is 1.90. The number of aromatic nitrogens is 3. The topological polar surface area (TPSA) is 56.7 Å². The number of nitrogens with two attached hydrogens (primary N) is 1. The van der Waals surface area contributed by atoms with Crippen molar-refractivity contribution in [1.82, 2.24) is 14.8 Å². The Morgan fingerprint density at radius 2 is 2.14 bits per heavy atom. The van der Waals surface area contributed by atoms with Crippen LogP contribution in [0.5, 0.6) is 0 Å². The Labute approximate surface area is 81.4 Å². The molecule has 1 aliphatic heterocycles. The molecule has 1 aromatic carbocycles. The molecule has 2 aromatic rings. The smallest absolute Gasteiger partial charge is 0.240 e. The van der Waals surface area contributed by atoms with Gasteiger partial charge in [0.15, 0.2) is 5.82 Å². The molecule has 0 amide bonds. The van der Waals surface area contributed by atoms with Gasteiger partial charge in [0.1, 0.15) is 0 Å². The van der Waals surface area contributed by atoms with E-state index in [1.165, 1.54) is 5.56 Å². The van der Waals surface area contributed by atoms with E-state index in [4.69, 9.17) is 5.73 Å². The molecule has 0 bridgehead atoms. The molecule has 0 saturated heterocycles. The summed E-state index contributed by atoms with van der Waals surface area (Å²) in [6.07, 6.45) is 1.01. The van der Waals surface area contributed by atoms with E-state index in [1.807, 2.05) is 16.8 Å². The predicted octanol–water partition coefficient (Wildman–Crippen LogP) is 1.08. The van der Waals surface area contributed by atoms with E-state index < -0.39 is 0 Å². The highest BCUT2D eigenvalue weighted by atomic mass is 15.4. The van der Waals surface area contributed by atoms with Crippen LogP contribution in [0.3, 0.4) is 0 Å². The average Bonchev–Trinajstić information content (AvgIpc) is 2.59. The second-order valence-corrected chi connectivity index (χ2v) is 3.42. The number of rotatable bonds is 0. The summed E-state index contributed by atoms with van der Waals surface area (Å²) < 4.78 is 1.87. The van der Waals surface area contributed by atoms with Crippen LogP contribution in [0.15, 0.2) is 24.3 Å². The summed E-state index contributed by atoms with van der Waals surface area (Å²) in [5.74, 6) is 1.25. The van der Waals surface area contributed by atoms with Crippen LogP contribution in [-0.2, 0) is 13.0 Å². The highest BCUT2D eigenvalue weighted by Crippen LogP contribution is 2.27. The monoisotopic (exact) mass is 186 g/mol. The minimum atomic E-state index is 0.358. The maximum atomic E-state index is 5.57. The van der Waals surface area contributed by atoms with E-state index in [-0.39, 0.29) is 0 Å². The second kappa shape index (κ2) is 2.57. The van der Waals surface area contributed by atoms with Gasteiger partial charge in [0, 0.05) is 12.1 Å². The van der Waals surface area contributed by atoms with Crippen molar-refractivity contribution in [2.45, 2.75) is 13.0 Å². The standard InChI is InChI=1S/C10H10N4/c11-10-12-9-8-4-2-1-3-7(8)5-6-14(9)13-10/h1-4H,5-6H2,(H2,11,13). The number of nitrogen functional groups attached to an aromatic ring is 1. The van der Waals surface area contributed by atoms with Crippen LogP contribution >= 0.6 is 0 Å². The first-order valence-corrected chi connectivity index (χ1v) is 4.63. The van der Waals surface area contributed by atoms with Crippen molar-refractivity contribution in [2.75, 3.05) is 5.73 Å². The van der Waals surface area contributed by atoms with E-state index in [0.29, 0.717) is 5.95 Å². The molecule has 4 heteroatoms. The lowest BCUT2D eigenvalue weighted by Gasteiger charge is -2.15. The molecule has 0 saturated carbocycles. The zero-order valence-electron chi connectivity index (χ0n) is 7.64. The maximum absolute atomic E-state index is 5.57. The van der Waals surface area contributed by atoms with Gasteiger partial charge in [0.25, 0.3) is 0 Å². The molecule has 70 valence electrons. The number of anilines is 1. The number of fused-ring (bicyclic) bond motifs is 3. The Morgan fingerprint density at radius 3 is 3.07 bits per heavy atom. The van der Waals surface area contributed by atoms with E-state index in [0.717, 1.165) is 24.4 Å². The van der Waals surface area contributed by atoms with Gasteiger partial charge in [-0.2, -0.15) is 4.98 Å². The summed E-state index contributed by atoms with van der Waals surface area (Å²) in [4.78, 5) is 4.22. The van der Waals surface area contributed by atoms with Gasteiger partial charge in [-0.3, -0.25) is 0 Å². The molecule has 1 aliphatic rings. The van der Waals surface area contributed by atoms with Crippen LogP contribution in [-0.4, -0.2) is 14.8 Å². The highest BCUT2D eigenvalue weighted by molar-refractivity contribution is 5.62. The van der Waals surface area contributed by atoms with E-state index in [9.17, 15) is 0 Å². The molecule has 0 unspecified atom stereocenters. The zero-order chi connectivity index (χ0) is 9.54. The van der Waals surface area contributed by atoms with Gasteiger partial charge in [0.2, 0.25) is 5.95 Å². The summed E-state index contributed by atoms with van der Waals surface area (Å²) in [6.45, 7) is 0.872. The lowest BCUT2D eigenvalue weighted by molar-refractivity contribution is 0.607. The Kier molecular flexibility index (Phi) is 1.39. The maximum Gasteiger partial charge on any atom is 0.240 e. The van der Waals surface area contributed by atoms with Crippen molar-refractivity contribution >= 4 is 5.95 Å². The van der Waals surface area contributed by atoms with Crippen LogP contribution in [0.1, 0.15) is 5.56 Å². The van der Waals surface area contributed by atoms with Crippen molar-refractivity contribution in [2.24, 2.45) is 0 Å². The minimum Gasteiger partial charge on any atom is -0.366 e. The summed E-state index contributed by atoms with van der Waals surface area (Å²) in [5, 5.41) is 4.13. The van der Waals surface area contributed by atoms with Gasteiger partial charge >= 0.3 is 0 Å². The third kappa shape index (κ3) is 0.937. The number of hydrogen-bond acceptors (Lipinski definition) is 3. The third-order valence-corrected chi connectivity index (χ3v) is 2.54. The van der Waals surface area contributed by atoms with Gasteiger partial charge in [0.05, 0.1) is 0 Å². The Hall–Kier alpha value is -1.84. The summed E-state index contributed by atoms with van der Waals surface area (Å²) in [5.41, 5.74) is 8.05. The fraction of sp³-hybridized carbons (Fsp3) is 0.200. The molecule has 4 nitrogen and oxygen atoms in total. The largest absolute Gasteiger partial charge is 0.366 e. The second-order valence-electron chi connectivity index (χ2n) is 3.42.